The summed E-state index contributed by atoms with van der Waals surface area (Å²) in [6, 6.07) is 5.28. The van der Waals surface area contributed by atoms with E-state index >= 15 is 0 Å². The molecule has 0 fully saturated rings. The SMILES string of the molecule is Cc1ccc(Cl)cc1OCCC(=O)O. The van der Waals surface area contributed by atoms with Crippen molar-refractivity contribution in [2.75, 3.05) is 6.61 Å². The van der Waals surface area contributed by atoms with Gasteiger partial charge in [0.1, 0.15) is 5.75 Å². The number of halogens is 1. The van der Waals surface area contributed by atoms with E-state index in [-0.39, 0.29) is 13.0 Å². The Bertz CT molecular complexity index is 336. The van der Waals surface area contributed by atoms with Gasteiger partial charge in [0.05, 0.1) is 13.0 Å². The Hall–Kier alpha value is -1.22. The number of carbonyl (C=O) groups is 1. The van der Waals surface area contributed by atoms with Crippen LogP contribution in [-0.4, -0.2) is 17.7 Å². The van der Waals surface area contributed by atoms with Crippen molar-refractivity contribution in [3.63, 3.8) is 0 Å². The van der Waals surface area contributed by atoms with Gasteiger partial charge in [-0.1, -0.05) is 17.7 Å². The van der Waals surface area contributed by atoms with Gasteiger partial charge >= 0.3 is 5.97 Å². The summed E-state index contributed by atoms with van der Waals surface area (Å²) in [5.74, 6) is -0.233. The zero-order valence-electron chi connectivity index (χ0n) is 7.79. The lowest BCUT2D eigenvalue weighted by Gasteiger charge is -2.07. The summed E-state index contributed by atoms with van der Waals surface area (Å²) in [4.78, 5) is 10.2. The van der Waals surface area contributed by atoms with Crippen LogP contribution in [-0.2, 0) is 4.79 Å². The van der Waals surface area contributed by atoms with Gasteiger partial charge in [-0.15, -0.1) is 0 Å². The van der Waals surface area contributed by atoms with E-state index in [1.807, 2.05) is 13.0 Å². The molecule has 4 heteroatoms. The average molecular weight is 215 g/mol. The van der Waals surface area contributed by atoms with Gasteiger partial charge in [-0.3, -0.25) is 4.79 Å². The monoisotopic (exact) mass is 214 g/mol. The maximum Gasteiger partial charge on any atom is 0.306 e. The van der Waals surface area contributed by atoms with Gasteiger partial charge in [-0.2, -0.15) is 0 Å². The van der Waals surface area contributed by atoms with Crippen molar-refractivity contribution < 1.29 is 14.6 Å². The molecule has 0 aliphatic carbocycles. The first-order valence-electron chi connectivity index (χ1n) is 4.20. The second kappa shape index (κ2) is 4.86. The first-order chi connectivity index (χ1) is 6.59. The number of ether oxygens (including phenoxy) is 1. The molecule has 0 aliphatic heterocycles. The highest BCUT2D eigenvalue weighted by Gasteiger charge is 2.02. The summed E-state index contributed by atoms with van der Waals surface area (Å²) >= 11 is 5.76. The van der Waals surface area contributed by atoms with Crippen molar-refractivity contribution in [1.82, 2.24) is 0 Å². The third kappa shape index (κ3) is 3.26. The number of carboxylic acids is 1. The lowest BCUT2D eigenvalue weighted by atomic mass is 10.2. The molecular weight excluding hydrogens is 204 g/mol. The summed E-state index contributed by atoms with van der Waals surface area (Å²) < 4.78 is 5.26. The molecule has 0 amide bonds. The lowest BCUT2D eigenvalue weighted by molar-refractivity contribution is -0.137. The Morgan fingerprint density at radius 1 is 1.57 bits per heavy atom. The normalized spacial score (nSPS) is 9.86. The zero-order valence-corrected chi connectivity index (χ0v) is 8.54. The Balaban J connectivity index is 2.57. The number of benzene rings is 1. The first kappa shape index (κ1) is 10.9. The number of hydrogen-bond acceptors (Lipinski definition) is 2. The fraction of sp³-hybridized carbons (Fsp3) is 0.300. The molecule has 0 radical (unpaired) electrons. The van der Waals surface area contributed by atoms with Crippen LogP contribution in [0.2, 0.25) is 5.02 Å². The van der Waals surface area contributed by atoms with Gasteiger partial charge in [0.15, 0.2) is 0 Å². The van der Waals surface area contributed by atoms with Crippen molar-refractivity contribution in [2.45, 2.75) is 13.3 Å². The van der Waals surface area contributed by atoms with Gasteiger partial charge in [-0.05, 0) is 24.6 Å². The molecule has 0 spiro atoms. The third-order valence-corrected chi connectivity index (χ3v) is 1.96. The average Bonchev–Trinajstić information content (AvgIpc) is 2.10. The molecule has 0 aliphatic rings. The van der Waals surface area contributed by atoms with Gasteiger partial charge in [0, 0.05) is 5.02 Å². The minimum Gasteiger partial charge on any atom is -0.493 e. The predicted molar refractivity (Wildman–Crippen MR) is 53.9 cm³/mol. The van der Waals surface area contributed by atoms with E-state index in [0.29, 0.717) is 10.8 Å². The minimum absolute atomic E-state index is 0.00798. The van der Waals surface area contributed by atoms with E-state index in [1.165, 1.54) is 0 Å². The van der Waals surface area contributed by atoms with Crippen LogP contribution in [0.4, 0.5) is 0 Å². The van der Waals surface area contributed by atoms with Crippen LogP contribution in [0.3, 0.4) is 0 Å². The molecule has 76 valence electrons. The molecule has 0 bridgehead atoms. The van der Waals surface area contributed by atoms with Crippen LogP contribution >= 0.6 is 11.6 Å². The minimum atomic E-state index is -0.871. The van der Waals surface area contributed by atoms with Crippen molar-refractivity contribution >= 4 is 17.6 Å². The summed E-state index contributed by atoms with van der Waals surface area (Å²) in [5, 5.41) is 8.99. The number of hydrogen-bond donors (Lipinski definition) is 1. The lowest BCUT2D eigenvalue weighted by Crippen LogP contribution is -2.05. The Morgan fingerprint density at radius 3 is 2.93 bits per heavy atom. The number of rotatable bonds is 4. The molecule has 0 saturated heterocycles. The Labute approximate surface area is 87.3 Å². The standard InChI is InChI=1S/C10H11ClO3/c1-7-2-3-8(11)6-9(7)14-5-4-10(12)13/h2-3,6H,4-5H2,1H3,(H,12,13). The summed E-state index contributed by atoms with van der Waals surface area (Å²) in [7, 11) is 0. The number of aryl methyl sites for hydroxylation is 1. The molecule has 0 heterocycles. The molecule has 1 rings (SSSR count). The molecule has 14 heavy (non-hydrogen) atoms. The van der Waals surface area contributed by atoms with Crippen LogP contribution in [0.15, 0.2) is 18.2 Å². The zero-order chi connectivity index (χ0) is 10.6. The highest BCUT2D eigenvalue weighted by molar-refractivity contribution is 6.30. The molecule has 0 aromatic heterocycles. The topological polar surface area (TPSA) is 46.5 Å². The van der Waals surface area contributed by atoms with E-state index < -0.39 is 5.97 Å². The van der Waals surface area contributed by atoms with E-state index in [4.69, 9.17) is 21.4 Å². The molecule has 1 aromatic rings. The fourth-order valence-electron chi connectivity index (χ4n) is 0.978. The van der Waals surface area contributed by atoms with E-state index in [9.17, 15) is 4.79 Å². The molecule has 0 atom stereocenters. The smallest absolute Gasteiger partial charge is 0.306 e. The van der Waals surface area contributed by atoms with E-state index in [2.05, 4.69) is 0 Å². The van der Waals surface area contributed by atoms with Gasteiger partial charge in [0.2, 0.25) is 0 Å². The van der Waals surface area contributed by atoms with Crippen LogP contribution < -0.4 is 4.74 Å². The highest BCUT2D eigenvalue weighted by Crippen LogP contribution is 2.22. The highest BCUT2D eigenvalue weighted by atomic mass is 35.5. The summed E-state index contributed by atoms with van der Waals surface area (Å²) in [5.41, 5.74) is 0.944. The molecule has 0 unspecified atom stereocenters. The van der Waals surface area contributed by atoms with Crippen molar-refractivity contribution in [2.24, 2.45) is 0 Å². The van der Waals surface area contributed by atoms with Crippen molar-refractivity contribution in [3.8, 4) is 5.75 Å². The van der Waals surface area contributed by atoms with Crippen molar-refractivity contribution in [1.29, 1.82) is 0 Å². The largest absolute Gasteiger partial charge is 0.493 e. The maximum absolute atomic E-state index is 10.2. The molecule has 3 nitrogen and oxygen atoms in total. The van der Waals surface area contributed by atoms with E-state index in [1.54, 1.807) is 12.1 Å². The molecular formula is C10H11ClO3. The second-order valence-corrected chi connectivity index (χ2v) is 3.34. The van der Waals surface area contributed by atoms with Crippen LogP contribution in [0.25, 0.3) is 0 Å². The third-order valence-electron chi connectivity index (χ3n) is 1.72. The van der Waals surface area contributed by atoms with Gasteiger partial charge in [0.25, 0.3) is 0 Å². The van der Waals surface area contributed by atoms with Crippen molar-refractivity contribution in [3.05, 3.63) is 28.8 Å². The Morgan fingerprint density at radius 2 is 2.29 bits per heavy atom. The number of carboxylic acid groups (broad SMARTS) is 1. The number of aliphatic carboxylic acids is 1. The van der Waals surface area contributed by atoms with Crippen LogP contribution in [0.1, 0.15) is 12.0 Å². The molecule has 1 N–H and O–H groups in total. The van der Waals surface area contributed by atoms with Gasteiger partial charge in [-0.25, -0.2) is 0 Å². The van der Waals surface area contributed by atoms with Crippen LogP contribution in [0, 0.1) is 6.92 Å². The maximum atomic E-state index is 10.2. The first-order valence-corrected chi connectivity index (χ1v) is 4.58. The predicted octanol–water partition coefficient (Wildman–Crippen LogP) is 2.50. The second-order valence-electron chi connectivity index (χ2n) is 2.90. The summed E-state index contributed by atoms with van der Waals surface area (Å²) in [6.07, 6.45) is -0.00798. The fourth-order valence-corrected chi connectivity index (χ4v) is 1.14. The van der Waals surface area contributed by atoms with E-state index in [0.717, 1.165) is 5.56 Å². The summed E-state index contributed by atoms with van der Waals surface area (Å²) in [6.45, 7) is 2.04. The molecule has 1 aromatic carbocycles. The van der Waals surface area contributed by atoms with Gasteiger partial charge < -0.3 is 9.84 Å². The quantitative estimate of drug-likeness (QED) is 0.838. The van der Waals surface area contributed by atoms with Crippen LogP contribution in [0.5, 0.6) is 5.75 Å². The molecule has 0 saturated carbocycles. The Kier molecular flexibility index (Phi) is 3.77.